The van der Waals surface area contributed by atoms with Crippen molar-refractivity contribution in [3.63, 3.8) is 0 Å². The number of methoxy groups -OCH3 is 1. The van der Waals surface area contributed by atoms with Crippen LogP contribution in [-0.4, -0.2) is 18.6 Å². The van der Waals surface area contributed by atoms with Crippen LogP contribution in [0.4, 0.5) is 5.69 Å². The number of carbonyl (C=O) groups excluding carboxylic acids is 1. The summed E-state index contributed by atoms with van der Waals surface area (Å²) < 4.78 is 5.02. The minimum Gasteiger partial charge on any atom is -0.497 e. The lowest BCUT2D eigenvalue weighted by atomic mass is 10.1. The largest absolute Gasteiger partial charge is 0.497 e. The number of hydrazone groups is 1. The van der Waals surface area contributed by atoms with Crippen molar-refractivity contribution in [2.24, 2.45) is 5.10 Å². The fraction of sp³-hybridized carbons (Fsp3) is 0.0625. The zero-order valence-electron chi connectivity index (χ0n) is 12.0. The number of halogens is 2. The molecule has 7 heteroatoms. The summed E-state index contributed by atoms with van der Waals surface area (Å²) in [6.45, 7) is 0. The monoisotopic (exact) mass is 347 g/mol. The van der Waals surface area contributed by atoms with E-state index in [0.717, 1.165) is 0 Å². The third-order valence-electron chi connectivity index (χ3n) is 2.91. The summed E-state index contributed by atoms with van der Waals surface area (Å²) in [6, 6.07) is 13.0. The van der Waals surface area contributed by atoms with Gasteiger partial charge in [-0.05, 0) is 36.4 Å². The molecule has 116 valence electrons. The zero-order chi connectivity index (χ0) is 16.8. The Labute approximate surface area is 143 Å². The molecule has 0 amide bonds. The number of nitrogens with one attached hydrogen (secondary N) is 1. The van der Waals surface area contributed by atoms with Crippen molar-refractivity contribution >= 4 is 40.4 Å². The lowest BCUT2D eigenvalue weighted by Crippen LogP contribution is -2.14. The van der Waals surface area contributed by atoms with Gasteiger partial charge in [-0.3, -0.25) is 10.2 Å². The molecular formula is C16H11Cl2N3O2. The summed E-state index contributed by atoms with van der Waals surface area (Å²) in [4.78, 5) is 12.3. The molecule has 0 aliphatic carbocycles. The van der Waals surface area contributed by atoms with Crippen molar-refractivity contribution in [2.45, 2.75) is 0 Å². The number of anilines is 1. The molecule has 0 aliphatic rings. The summed E-state index contributed by atoms with van der Waals surface area (Å²) in [5.74, 6) is 0.0987. The number of Topliss-reactive ketones (excluding diaryl/α,β-unsaturated/α-hetero) is 1. The molecule has 23 heavy (non-hydrogen) atoms. The second-order valence-corrected chi connectivity index (χ2v) is 5.13. The number of ketones is 1. The van der Waals surface area contributed by atoms with E-state index in [1.54, 1.807) is 48.5 Å². The fourth-order valence-electron chi connectivity index (χ4n) is 1.71. The van der Waals surface area contributed by atoms with Crippen LogP contribution in [0.5, 0.6) is 5.75 Å². The molecule has 2 aromatic rings. The molecule has 0 radical (unpaired) electrons. The Bertz CT molecular complexity index is 796. The molecule has 0 fully saturated rings. The van der Waals surface area contributed by atoms with Crippen molar-refractivity contribution in [3.05, 3.63) is 58.1 Å². The minimum atomic E-state index is -0.513. The number of hydrogen-bond acceptors (Lipinski definition) is 5. The summed E-state index contributed by atoms with van der Waals surface area (Å²) in [5.41, 5.74) is 3.00. The second kappa shape index (κ2) is 7.63. The Morgan fingerprint density at radius 1 is 1.22 bits per heavy atom. The molecule has 0 aromatic heterocycles. The molecule has 0 atom stereocenters. The Hall–Kier alpha value is -2.55. The molecule has 0 unspecified atom stereocenters. The fourth-order valence-corrected chi connectivity index (χ4v) is 2.05. The van der Waals surface area contributed by atoms with Gasteiger partial charge in [0.05, 0.1) is 22.8 Å². The first-order chi connectivity index (χ1) is 11.1. The van der Waals surface area contributed by atoms with Gasteiger partial charge in [0.25, 0.3) is 0 Å². The highest BCUT2D eigenvalue weighted by atomic mass is 35.5. The molecule has 0 spiro atoms. The number of benzene rings is 2. The van der Waals surface area contributed by atoms with Crippen molar-refractivity contribution in [3.8, 4) is 11.8 Å². The SMILES string of the molecule is COc1ccc(C(=O)C(C#N)=NNc2cccc(Cl)c2Cl)cc1. The van der Waals surface area contributed by atoms with Crippen molar-refractivity contribution in [1.82, 2.24) is 0 Å². The molecule has 0 saturated carbocycles. The van der Waals surface area contributed by atoms with Gasteiger partial charge < -0.3 is 4.74 Å². The Morgan fingerprint density at radius 3 is 2.52 bits per heavy atom. The normalized spacial score (nSPS) is 10.8. The van der Waals surface area contributed by atoms with Crippen molar-refractivity contribution in [1.29, 1.82) is 5.26 Å². The Morgan fingerprint density at radius 2 is 1.91 bits per heavy atom. The predicted molar refractivity (Wildman–Crippen MR) is 90.5 cm³/mol. The third kappa shape index (κ3) is 4.01. The van der Waals surface area contributed by atoms with E-state index in [9.17, 15) is 4.79 Å². The quantitative estimate of drug-likeness (QED) is 0.500. The van der Waals surface area contributed by atoms with Crippen LogP contribution in [-0.2, 0) is 0 Å². The van der Waals surface area contributed by atoms with Crippen LogP contribution in [0.3, 0.4) is 0 Å². The highest BCUT2D eigenvalue weighted by Gasteiger charge is 2.14. The average molecular weight is 348 g/mol. The van der Waals surface area contributed by atoms with Crippen LogP contribution in [0.25, 0.3) is 0 Å². The van der Waals surface area contributed by atoms with Gasteiger partial charge in [-0.2, -0.15) is 10.4 Å². The van der Waals surface area contributed by atoms with Crippen LogP contribution >= 0.6 is 23.2 Å². The van der Waals surface area contributed by atoms with Crippen LogP contribution in [0.1, 0.15) is 10.4 Å². The molecule has 5 nitrogen and oxygen atoms in total. The topological polar surface area (TPSA) is 74.5 Å². The van der Waals surface area contributed by atoms with Gasteiger partial charge in [-0.15, -0.1) is 0 Å². The molecule has 0 bridgehead atoms. The lowest BCUT2D eigenvalue weighted by Gasteiger charge is -2.05. The summed E-state index contributed by atoms with van der Waals surface area (Å²) in [7, 11) is 1.53. The van der Waals surface area contributed by atoms with Gasteiger partial charge in [0.2, 0.25) is 11.5 Å². The summed E-state index contributed by atoms with van der Waals surface area (Å²) in [6.07, 6.45) is 0. The number of hydrogen-bond donors (Lipinski definition) is 1. The van der Waals surface area contributed by atoms with Gasteiger partial charge in [-0.25, -0.2) is 0 Å². The van der Waals surface area contributed by atoms with Crippen LogP contribution in [0, 0.1) is 11.3 Å². The number of nitriles is 1. The Kier molecular flexibility index (Phi) is 5.58. The average Bonchev–Trinajstić information content (AvgIpc) is 2.58. The zero-order valence-corrected chi connectivity index (χ0v) is 13.5. The van der Waals surface area contributed by atoms with E-state index < -0.39 is 5.78 Å². The highest BCUT2D eigenvalue weighted by molar-refractivity contribution is 6.51. The molecule has 1 N–H and O–H groups in total. The van der Waals surface area contributed by atoms with Crippen LogP contribution in [0.15, 0.2) is 47.6 Å². The number of rotatable bonds is 5. The summed E-state index contributed by atoms with van der Waals surface area (Å²) in [5, 5.41) is 13.5. The molecule has 0 heterocycles. The second-order valence-electron chi connectivity index (χ2n) is 4.34. The van der Waals surface area contributed by atoms with E-state index in [2.05, 4.69) is 10.5 Å². The van der Waals surface area contributed by atoms with Crippen molar-refractivity contribution in [2.75, 3.05) is 12.5 Å². The van der Waals surface area contributed by atoms with E-state index in [1.807, 2.05) is 0 Å². The van der Waals surface area contributed by atoms with E-state index in [0.29, 0.717) is 22.0 Å². The highest BCUT2D eigenvalue weighted by Crippen LogP contribution is 2.29. The van der Waals surface area contributed by atoms with Crippen molar-refractivity contribution < 1.29 is 9.53 Å². The van der Waals surface area contributed by atoms with Crippen LogP contribution in [0.2, 0.25) is 10.0 Å². The van der Waals surface area contributed by atoms with Gasteiger partial charge in [0.1, 0.15) is 11.8 Å². The maximum absolute atomic E-state index is 12.3. The standard InChI is InChI=1S/C16H11Cl2N3O2/c1-23-11-7-5-10(6-8-11)16(22)14(9-19)21-20-13-4-2-3-12(17)15(13)18/h2-8,20H,1H3. The van der Waals surface area contributed by atoms with Gasteiger partial charge in [0.15, 0.2) is 0 Å². The van der Waals surface area contributed by atoms with Crippen LogP contribution < -0.4 is 10.2 Å². The van der Waals surface area contributed by atoms with Gasteiger partial charge >= 0.3 is 0 Å². The maximum atomic E-state index is 12.3. The molecule has 0 saturated heterocycles. The first-order valence-electron chi connectivity index (χ1n) is 6.43. The molecule has 2 aromatic carbocycles. The number of carbonyl (C=O) groups is 1. The van der Waals surface area contributed by atoms with E-state index in [-0.39, 0.29) is 10.7 Å². The Balaban J connectivity index is 2.22. The predicted octanol–water partition coefficient (Wildman–Crippen LogP) is 4.18. The number of ether oxygens (including phenoxy) is 1. The molecule has 0 aliphatic heterocycles. The smallest absolute Gasteiger partial charge is 0.223 e. The first-order valence-corrected chi connectivity index (χ1v) is 7.19. The first kappa shape index (κ1) is 16.8. The van der Waals surface area contributed by atoms with Gasteiger partial charge in [0, 0.05) is 5.56 Å². The maximum Gasteiger partial charge on any atom is 0.223 e. The third-order valence-corrected chi connectivity index (χ3v) is 3.73. The van der Waals surface area contributed by atoms with E-state index >= 15 is 0 Å². The molecular weight excluding hydrogens is 337 g/mol. The van der Waals surface area contributed by atoms with E-state index in [1.165, 1.54) is 7.11 Å². The van der Waals surface area contributed by atoms with E-state index in [4.69, 9.17) is 33.2 Å². The van der Waals surface area contributed by atoms with Gasteiger partial charge in [-0.1, -0.05) is 29.3 Å². The number of nitrogens with zero attached hydrogens (tertiary/aromatic N) is 2. The summed E-state index contributed by atoms with van der Waals surface area (Å²) >= 11 is 11.9. The lowest BCUT2D eigenvalue weighted by molar-refractivity contribution is 0.106. The minimum absolute atomic E-state index is 0.257. The molecule has 2 rings (SSSR count).